The van der Waals surface area contributed by atoms with Gasteiger partial charge in [0.1, 0.15) is 0 Å². The van der Waals surface area contributed by atoms with E-state index in [4.69, 9.17) is 0 Å². The average molecular weight is 271 g/mol. The van der Waals surface area contributed by atoms with Crippen LogP contribution in [0.4, 0.5) is 0 Å². The van der Waals surface area contributed by atoms with Crippen LogP contribution in [0, 0.1) is 0 Å². The Balaban J connectivity index is 2.18. The van der Waals surface area contributed by atoms with E-state index in [1.807, 2.05) is 7.05 Å². The first-order chi connectivity index (χ1) is 8.55. The van der Waals surface area contributed by atoms with Crippen LogP contribution in [0.3, 0.4) is 0 Å². The van der Waals surface area contributed by atoms with Crippen LogP contribution in [0.5, 0.6) is 0 Å². The third-order valence-electron chi connectivity index (χ3n) is 3.60. The van der Waals surface area contributed by atoms with Gasteiger partial charge in [0.2, 0.25) is 10.0 Å². The van der Waals surface area contributed by atoms with Gasteiger partial charge in [-0.05, 0) is 26.0 Å². The zero-order valence-electron chi connectivity index (χ0n) is 10.9. The summed E-state index contributed by atoms with van der Waals surface area (Å²) >= 11 is 0. The van der Waals surface area contributed by atoms with Crippen LogP contribution < -0.4 is 5.32 Å². The normalized spacial score (nSPS) is 17.7. The van der Waals surface area contributed by atoms with Gasteiger partial charge < -0.3 is 10.3 Å². The Bertz CT molecular complexity index is 489. The van der Waals surface area contributed by atoms with Crippen molar-refractivity contribution >= 4 is 10.0 Å². The Kier molecular flexibility index (Phi) is 4.09. The monoisotopic (exact) mass is 271 g/mol. The number of hydrogen-bond acceptors (Lipinski definition) is 3. The number of H-pyrrole nitrogens is 1. The summed E-state index contributed by atoms with van der Waals surface area (Å²) in [6.07, 6.45) is 5.78. The predicted octanol–water partition coefficient (Wildman–Crippen LogP) is 1.30. The van der Waals surface area contributed by atoms with E-state index in [0.717, 1.165) is 31.4 Å². The van der Waals surface area contributed by atoms with Crippen LogP contribution in [0.25, 0.3) is 0 Å². The first-order valence-corrected chi connectivity index (χ1v) is 7.79. The van der Waals surface area contributed by atoms with E-state index in [-0.39, 0.29) is 6.04 Å². The highest BCUT2D eigenvalue weighted by molar-refractivity contribution is 7.89. The van der Waals surface area contributed by atoms with Crippen molar-refractivity contribution in [2.75, 3.05) is 14.1 Å². The summed E-state index contributed by atoms with van der Waals surface area (Å²) in [6.45, 7) is 0.642. The van der Waals surface area contributed by atoms with Crippen molar-refractivity contribution in [2.24, 2.45) is 0 Å². The first kappa shape index (κ1) is 13.6. The molecule has 102 valence electrons. The number of sulfonamides is 1. The summed E-state index contributed by atoms with van der Waals surface area (Å²) < 4.78 is 26.4. The minimum atomic E-state index is -3.35. The van der Waals surface area contributed by atoms with Gasteiger partial charge in [0.15, 0.2) is 0 Å². The Labute approximate surface area is 109 Å². The summed E-state index contributed by atoms with van der Waals surface area (Å²) in [5, 5.41) is 2.99. The molecule has 0 spiro atoms. The highest BCUT2D eigenvalue weighted by atomic mass is 32.2. The van der Waals surface area contributed by atoms with Crippen LogP contribution in [-0.2, 0) is 16.6 Å². The van der Waals surface area contributed by atoms with E-state index in [1.165, 1.54) is 4.31 Å². The summed E-state index contributed by atoms with van der Waals surface area (Å²) in [5.41, 5.74) is 0.885. The molecule has 0 unspecified atom stereocenters. The quantitative estimate of drug-likeness (QED) is 0.848. The summed E-state index contributed by atoms with van der Waals surface area (Å²) in [6, 6.07) is 1.87. The molecule has 1 aromatic rings. The van der Waals surface area contributed by atoms with Crippen LogP contribution in [0.1, 0.15) is 31.4 Å². The fourth-order valence-corrected chi connectivity index (χ4v) is 3.93. The van der Waals surface area contributed by atoms with Gasteiger partial charge in [-0.25, -0.2) is 8.42 Å². The molecule has 0 saturated heterocycles. The molecule has 1 saturated carbocycles. The lowest BCUT2D eigenvalue weighted by molar-refractivity contribution is 0.373. The van der Waals surface area contributed by atoms with Gasteiger partial charge in [0.05, 0.1) is 4.90 Å². The largest absolute Gasteiger partial charge is 0.363 e. The predicted molar refractivity (Wildman–Crippen MR) is 70.8 cm³/mol. The van der Waals surface area contributed by atoms with E-state index >= 15 is 0 Å². The van der Waals surface area contributed by atoms with Crippen molar-refractivity contribution in [1.82, 2.24) is 14.6 Å². The molecule has 2 rings (SSSR count). The lowest BCUT2D eigenvalue weighted by Crippen LogP contribution is -2.34. The number of nitrogens with zero attached hydrogens (tertiary/aromatic N) is 1. The second kappa shape index (κ2) is 5.42. The van der Waals surface area contributed by atoms with Crippen molar-refractivity contribution in [3.63, 3.8) is 0 Å². The van der Waals surface area contributed by atoms with Gasteiger partial charge in [0.25, 0.3) is 0 Å². The van der Waals surface area contributed by atoms with Crippen LogP contribution in [0.15, 0.2) is 17.2 Å². The molecule has 0 atom stereocenters. The highest BCUT2D eigenvalue weighted by Gasteiger charge is 2.30. The minimum absolute atomic E-state index is 0.164. The van der Waals surface area contributed by atoms with Crippen molar-refractivity contribution in [2.45, 2.75) is 43.2 Å². The van der Waals surface area contributed by atoms with Gasteiger partial charge in [-0.1, -0.05) is 12.8 Å². The molecule has 1 aliphatic rings. The van der Waals surface area contributed by atoms with E-state index < -0.39 is 10.0 Å². The molecule has 1 heterocycles. The molecule has 1 aromatic heterocycles. The molecule has 0 aromatic carbocycles. The molecule has 6 heteroatoms. The van der Waals surface area contributed by atoms with Crippen molar-refractivity contribution in [1.29, 1.82) is 0 Å². The zero-order valence-corrected chi connectivity index (χ0v) is 11.8. The fraction of sp³-hybridized carbons (Fsp3) is 0.667. The molecule has 0 bridgehead atoms. The van der Waals surface area contributed by atoms with Crippen molar-refractivity contribution in [3.05, 3.63) is 18.0 Å². The maximum Gasteiger partial charge on any atom is 0.244 e. The molecule has 1 fully saturated rings. The molecule has 18 heavy (non-hydrogen) atoms. The van der Waals surface area contributed by atoms with Gasteiger partial charge >= 0.3 is 0 Å². The molecule has 0 aliphatic heterocycles. The molecular weight excluding hydrogens is 250 g/mol. The molecule has 1 aliphatic carbocycles. The second-order valence-electron chi connectivity index (χ2n) is 4.85. The Morgan fingerprint density at radius 2 is 2.11 bits per heavy atom. The van der Waals surface area contributed by atoms with Gasteiger partial charge in [-0.2, -0.15) is 4.31 Å². The zero-order chi connectivity index (χ0) is 13.2. The maximum absolute atomic E-state index is 12.4. The Morgan fingerprint density at radius 3 is 2.72 bits per heavy atom. The lowest BCUT2D eigenvalue weighted by atomic mass is 10.3. The van der Waals surface area contributed by atoms with Crippen molar-refractivity contribution in [3.8, 4) is 0 Å². The van der Waals surface area contributed by atoms with Gasteiger partial charge in [0, 0.05) is 31.5 Å². The minimum Gasteiger partial charge on any atom is -0.363 e. The second-order valence-corrected chi connectivity index (χ2v) is 6.85. The number of rotatable bonds is 5. The average Bonchev–Trinajstić information content (AvgIpc) is 2.99. The van der Waals surface area contributed by atoms with E-state index in [0.29, 0.717) is 11.4 Å². The topological polar surface area (TPSA) is 65.2 Å². The van der Waals surface area contributed by atoms with E-state index in [1.54, 1.807) is 19.3 Å². The molecule has 0 amide bonds. The van der Waals surface area contributed by atoms with Crippen LogP contribution in [-0.4, -0.2) is 37.8 Å². The van der Waals surface area contributed by atoms with Gasteiger partial charge in [-0.15, -0.1) is 0 Å². The van der Waals surface area contributed by atoms with Gasteiger partial charge in [-0.3, -0.25) is 0 Å². The third kappa shape index (κ3) is 2.60. The number of hydrogen-bond donors (Lipinski definition) is 2. The fourth-order valence-electron chi connectivity index (χ4n) is 2.49. The molecule has 5 nitrogen and oxygen atoms in total. The maximum atomic E-state index is 12.4. The molecule has 2 N–H and O–H groups in total. The molecule has 0 radical (unpaired) electrons. The van der Waals surface area contributed by atoms with E-state index in [2.05, 4.69) is 10.3 Å². The first-order valence-electron chi connectivity index (χ1n) is 6.35. The van der Waals surface area contributed by atoms with Crippen LogP contribution >= 0.6 is 0 Å². The van der Waals surface area contributed by atoms with Crippen LogP contribution in [0.2, 0.25) is 0 Å². The lowest BCUT2D eigenvalue weighted by Gasteiger charge is -2.22. The van der Waals surface area contributed by atoms with Crippen molar-refractivity contribution < 1.29 is 8.42 Å². The number of aromatic nitrogens is 1. The van der Waals surface area contributed by atoms with E-state index in [9.17, 15) is 8.42 Å². The molecular formula is C12H21N3O2S. The smallest absolute Gasteiger partial charge is 0.244 e. The Morgan fingerprint density at radius 1 is 1.44 bits per heavy atom. The highest BCUT2D eigenvalue weighted by Crippen LogP contribution is 2.27. The standard InChI is InChI=1S/C12H21N3O2S/c1-13-8-10-7-12(9-14-10)18(16,17)15(2)11-5-3-4-6-11/h7,9,11,13-14H,3-6,8H2,1-2H3. The summed E-state index contributed by atoms with van der Waals surface area (Å²) in [4.78, 5) is 3.35. The summed E-state index contributed by atoms with van der Waals surface area (Å²) in [7, 11) is 0.178. The number of nitrogens with one attached hydrogen (secondary N) is 2. The number of aromatic amines is 1. The Hall–Kier alpha value is -0.850. The third-order valence-corrected chi connectivity index (χ3v) is 5.49. The SMILES string of the molecule is CNCc1cc(S(=O)(=O)N(C)C2CCCC2)c[nH]1. The summed E-state index contributed by atoms with van der Waals surface area (Å²) in [5.74, 6) is 0.